The minimum atomic E-state index is -0.449. The molecule has 5 nitrogen and oxygen atoms in total. The third-order valence-corrected chi connectivity index (χ3v) is 3.72. The number of anilines is 1. The highest BCUT2D eigenvalue weighted by Crippen LogP contribution is 2.29. The molecular formula is C17H25N3O2. The first-order chi connectivity index (χ1) is 10.3. The van der Waals surface area contributed by atoms with Gasteiger partial charge in [-0.1, -0.05) is 18.2 Å². The van der Waals surface area contributed by atoms with E-state index < -0.39 is 6.03 Å². The number of nitrogens with zero attached hydrogens (tertiary/aromatic N) is 1. The number of carbonyl (C=O) groups is 2. The van der Waals surface area contributed by atoms with E-state index in [1.165, 1.54) is 5.56 Å². The summed E-state index contributed by atoms with van der Waals surface area (Å²) in [5, 5.41) is 5.13. The van der Waals surface area contributed by atoms with E-state index in [1.54, 1.807) is 0 Å². The Labute approximate surface area is 132 Å². The Balaban J connectivity index is 2.01. The number of para-hydroxylation sites is 1. The van der Waals surface area contributed by atoms with E-state index in [-0.39, 0.29) is 24.0 Å². The monoisotopic (exact) mass is 303 g/mol. The van der Waals surface area contributed by atoms with Crippen molar-refractivity contribution in [1.82, 2.24) is 10.6 Å². The van der Waals surface area contributed by atoms with Crippen molar-refractivity contribution in [3.8, 4) is 0 Å². The molecule has 0 saturated heterocycles. The number of rotatable bonds is 2. The summed E-state index contributed by atoms with van der Waals surface area (Å²) in [4.78, 5) is 26.0. The molecule has 1 aliphatic rings. The lowest BCUT2D eigenvalue weighted by molar-refractivity contribution is -0.118. The van der Waals surface area contributed by atoms with Gasteiger partial charge >= 0.3 is 6.03 Å². The molecule has 1 atom stereocenters. The Kier molecular flexibility index (Phi) is 4.74. The minimum absolute atomic E-state index is 0.190. The molecular weight excluding hydrogens is 278 g/mol. The number of urea groups is 1. The summed E-state index contributed by atoms with van der Waals surface area (Å²) < 4.78 is 0. The van der Waals surface area contributed by atoms with Crippen LogP contribution in [0.15, 0.2) is 24.3 Å². The lowest BCUT2D eigenvalue weighted by Crippen LogP contribution is -2.51. The van der Waals surface area contributed by atoms with E-state index in [0.29, 0.717) is 0 Å². The van der Waals surface area contributed by atoms with Crippen LogP contribution in [0.25, 0.3) is 0 Å². The second-order valence-electron chi connectivity index (χ2n) is 6.90. The lowest BCUT2D eigenvalue weighted by Gasteiger charge is -2.36. The van der Waals surface area contributed by atoms with Crippen molar-refractivity contribution < 1.29 is 9.59 Å². The quantitative estimate of drug-likeness (QED) is 0.882. The summed E-state index contributed by atoms with van der Waals surface area (Å²) in [6.07, 6.45) is 2.04. The largest absolute Gasteiger partial charge is 0.359 e. The highest BCUT2D eigenvalue weighted by Gasteiger charge is 2.25. The topological polar surface area (TPSA) is 61.4 Å². The van der Waals surface area contributed by atoms with Crippen LogP contribution in [0, 0.1) is 0 Å². The number of imide groups is 1. The maximum atomic E-state index is 12.1. The molecule has 0 radical (unpaired) electrons. The third kappa shape index (κ3) is 4.23. The molecule has 3 amide bonds. The van der Waals surface area contributed by atoms with Gasteiger partial charge in [-0.15, -0.1) is 0 Å². The fourth-order valence-corrected chi connectivity index (χ4v) is 2.69. The highest BCUT2D eigenvalue weighted by molar-refractivity contribution is 5.96. The van der Waals surface area contributed by atoms with Crippen LogP contribution in [-0.2, 0) is 11.2 Å². The average molecular weight is 303 g/mol. The second kappa shape index (κ2) is 6.38. The summed E-state index contributed by atoms with van der Waals surface area (Å²) in [6, 6.07) is 7.96. The number of amides is 3. The van der Waals surface area contributed by atoms with Gasteiger partial charge in [-0.3, -0.25) is 10.1 Å². The lowest BCUT2D eigenvalue weighted by atomic mass is 9.97. The number of carbonyl (C=O) groups excluding carboxylic acids is 2. The van der Waals surface area contributed by atoms with E-state index in [2.05, 4.69) is 28.5 Å². The van der Waals surface area contributed by atoms with Gasteiger partial charge in [0, 0.05) is 17.3 Å². The Bertz CT molecular complexity index is 563. The van der Waals surface area contributed by atoms with Crippen LogP contribution in [-0.4, -0.2) is 30.1 Å². The van der Waals surface area contributed by atoms with Crippen LogP contribution in [0.1, 0.15) is 39.7 Å². The van der Waals surface area contributed by atoms with Gasteiger partial charge in [0.25, 0.3) is 0 Å². The summed E-state index contributed by atoms with van der Waals surface area (Å²) in [6.45, 7) is 7.92. The van der Waals surface area contributed by atoms with Crippen LogP contribution in [0.2, 0.25) is 0 Å². The van der Waals surface area contributed by atoms with Crippen molar-refractivity contribution in [2.75, 3.05) is 11.4 Å². The highest BCUT2D eigenvalue weighted by atomic mass is 16.2. The van der Waals surface area contributed by atoms with Crippen LogP contribution >= 0.6 is 0 Å². The molecule has 5 heteroatoms. The Hall–Kier alpha value is -2.04. The fourth-order valence-electron chi connectivity index (χ4n) is 2.69. The fraction of sp³-hybridized carbons (Fsp3) is 0.529. The Morgan fingerprint density at radius 1 is 1.27 bits per heavy atom. The molecule has 0 spiro atoms. The normalized spacial score (nSPS) is 17.6. The molecule has 1 aromatic rings. The van der Waals surface area contributed by atoms with Crippen LogP contribution in [0.4, 0.5) is 10.5 Å². The van der Waals surface area contributed by atoms with Gasteiger partial charge in [0.15, 0.2) is 0 Å². The smallest absolute Gasteiger partial charge is 0.321 e. The maximum Gasteiger partial charge on any atom is 0.321 e. The SMILES string of the molecule is C[C@H]1CCc2ccccc2N1CC(=O)NC(=O)NC(C)(C)C. The van der Waals surface area contributed by atoms with E-state index in [1.807, 2.05) is 39.0 Å². The zero-order valence-corrected chi connectivity index (χ0v) is 13.8. The summed E-state index contributed by atoms with van der Waals surface area (Å²) in [5.41, 5.74) is 1.98. The molecule has 0 aromatic heterocycles. The van der Waals surface area contributed by atoms with Crippen molar-refractivity contribution in [1.29, 1.82) is 0 Å². The predicted octanol–water partition coefficient (Wildman–Crippen LogP) is 2.45. The first-order valence-electron chi connectivity index (χ1n) is 7.73. The molecule has 0 fully saturated rings. The number of nitrogens with one attached hydrogen (secondary N) is 2. The predicted molar refractivity (Wildman–Crippen MR) is 88.0 cm³/mol. The molecule has 2 N–H and O–H groups in total. The Morgan fingerprint density at radius 2 is 1.95 bits per heavy atom. The summed E-state index contributed by atoms with van der Waals surface area (Å²) in [7, 11) is 0. The standard InChI is InChI=1S/C17H25N3O2/c1-12-9-10-13-7-5-6-8-14(13)20(12)11-15(21)18-16(22)19-17(2,3)4/h5-8,12H,9-11H2,1-4H3,(H2,18,19,21,22)/t12-/m0/s1. The van der Waals surface area contributed by atoms with Gasteiger partial charge in [0.1, 0.15) is 0 Å². The number of benzene rings is 1. The van der Waals surface area contributed by atoms with Gasteiger partial charge in [0.05, 0.1) is 6.54 Å². The van der Waals surface area contributed by atoms with Gasteiger partial charge in [-0.05, 0) is 52.2 Å². The van der Waals surface area contributed by atoms with Crippen molar-refractivity contribution in [2.24, 2.45) is 0 Å². The number of hydrogen-bond acceptors (Lipinski definition) is 3. The van der Waals surface area contributed by atoms with Crippen molar-refractivity contribution in [2.45, 2.75) is 52.1 Å². The zero-order valence-electron chi connectivity index (χ0n) is 13.8. The molecule has 120 valence electrons. The van der Waals surface area contributed by atoms with E-state index in [9.17, 15) is 9.59 Å². The molecule has 1 aromatic carbocycles. The van der Waals surface area contributed by atoms with Crippen molar-refractivity contribution >= 4 is 17.6 Å². The molecule has 0 unspecified atom stereocenters. The number of aryl methyl sites for hydroxylation is 1. The minimum Gasteiger partial charge on any atom is -0.359 e. The maximum absolute atomic E-state index is 12.1. The molecule has 1 aliphatic heterocycles. The first kappa shape index (κ1) is 16.3. The molecule has 0 saturated carbocycles. The average Bonchev–Trinajstić information content (AvgIpc) is 2.39. The molecule has 2 rings (SSSR count). The molecule has 0 aliphatic carbocycles. The van der Waals surface area contributed by atoms with Crippen LogP contribution in [0.3, 0.4) is 0 Å². The van der Waals surface area contributed by atoms with Crippen molar-refractivity contribution in [3.05, 3.63) is 29.8 Å². The van der Waals surface area contributed by atoms with Gasteiger partial charge in [-0.2, -0.15) is 0 Å². The van der Waals surface area contributed by atoms with Crippen LogP contribution < -0.4 is 15.5 Å². The van der Waals surface area contributed by atoms with E-state index in [0.717, 1.165) is 18.5 Å². The Morgan fingerprint density at radius 3 is 2.64 bits per heavy atom. The number of hydrogen-bond donors (Lipinski definition) is 2. The zero-order chi connectivity index (χ0) is 16.3. The molecule has 0 bridgehead atoms. The molecule has 22 heavy (non-hydrogen) atoms. The molecule has 1 heterocycles. The van der Waals surface area contributed by atoms with Gasteiger partial charge < -0.3 is 10.2 Å². The summed E-state index contributed by atoms with van der Waals surface area (Å²) >= 11 is 0. The van der Waals surface area contributed by atoms with Crippen LogP contribution in [0.5, 0.6) is 0 Å². The summed E-state index contributed by atoms with van der Waals surface area (Å²) in [5.74, 6) is -0.287. The second-order valence-corrected chi connectivity index (χ2v) is 6.90. The van der Waals surface area contributed by atoms with E-state index in [4.69, 9.17) is 0 Å². The first-order valence-corrected chi connectivity index (χ1v) is 7.73. The van der Waals surface area contributed by atoms with Gasteiger partial charge in [-0.25, -0.2) is 4.79 Å². The van der Waals surface area contributed by atoms with E-state index >= 15 is 0 Å². The third-order valence-electron chi connectivity index (χ3n) is 3.72. The van der Waals surface area contributed by atoms with Gasteiger partial charge in [0.2, 0.25) is 5.91 Å². The van der Waals surface area contributed by atoms with Crippen molar-refractivity contribution in [3.63, 3.8) is 0 Å². The number of fused-ring (bicyclic) bond motifs is 1.